The Morgan fingerprint density at radius 2 is 2.00 bits per heavy atom. The average molecular weight is 299 g/mol. The van der Waals surface area contributed by atoms with Gasteiger partial charge in [0.25, 0.3) is 0 Å². The number of nitrogens with one attached hydrogen (secondary N) is 1. The van der Waals surface area contributed by atoms with Gasteiger partial charge in [-0.05, 0) is 49.8 Å². The lowest BCUT2D eigenvalue weighted by molar-refractivity contribution is -0.116. The van der Waals surface area contributed by atoms with E-state index < -0.39 is 0 Å². The summed E-state index contributed by atoms with van der Waals surface area (Å²) in [7, 11) is 0. The van der Waals surface area contributed by atoms with Gasteiger partial charge in [-0.25, -0.2) is 4.98 Å². The summed E-state index contributed by atoms with van der Waals surface area (Å²) in [4.78, 5) is 16.6. The normalized spacial score (nSPS) is 13.7. The van der Waals surface area contributed by atoms with E-state index in [0.29, 0.717) is 13.0 Å². The highest BCUT2D eigenvalue weighted by Crippen LogP contribution is 2.20. The number of amides is 1. The number of aryl methyl sites for hydroxylation is 1. The SMILES string of the molecule is O=C(Cn1cnc2c1CCCC2)Nc1ccc(CCO)cc1. The van der Waals surface area contributed by atoms with Crippen LogP contribution in [0.1, 0.15) is 29.8 Å². The lowest BCUT2D eigenvalue weighted by Gasteiger charge is -2.14. The number of anilines is 1. The molecule has 1 aliphatic rings. The highest BCUT2D eigenvalue weighted by atomic mass is 16.3. The molecule has 0 saturated carbocycles. The molecule has 1 aliphatic carbocycles. The molecule has 0 fully saturated rings. The predicted molar refractivity (Wildman–Crippen MR) is 84.7 cm³/mol. The number of nitrogens with zero attached hydrogens (tertiary/aromatic N) is 2. The molecular weight excluding hydrogens is 278 g/mol. The summed E-state index contributed by atoms with van der Waals surface area (Å²) in [6.45, 7) is 0.443. The highest BCUT2D eigenvalue weighted by Gasteiger charge is 2.16. The molecule has 5 heteroatoms. The van der Waals surface area contributed by atoms with E-state index in [9.17, 15) is 4.79 Å². The molecule has 3 rings (SSSR count). The fourth-order valence-electron chi connectivity index (χ4n) is 2.91. The number of fused-ring (bicyclic) bond motifs is 1. The van der Waals surface area contributed by atoms with Crippen LogP contribution in [0.3, 0.4) is 0 Å². The van der Waals surface area contributed by atoms with Gasteiger partial charge in [0, 0.05) is 18.0 Å². The summed E-state index contributed by atoms with van der Waals surface area (Å²) in [6, 6.07) is 7.58. The van der Waals surface area contributed by atoms with Crippen LogP contribution >= 0.6 is 0 Å². The Bertz CT molecular complexity index is 646. The van der Waals surface area contributed by atoms with Gasteiger partial charge in [0.1, 0.15) is 6.54 Å². The van der Waals surface area contributed by atoms with Gasteiger partial charge in [0.05, 0.1) is 12.0 Å². The van der Waals surface area contributed by atoms with Crippen LogP contribution in [-0.4, -0.2) is 27.2 Å². The first-order valence-electron chi connectivity index (χ1n) is 7.79. The van der Waals surface area contributed by atoms with Crippen LogP contribution in [0.15, 0.2) is 30.6 Å². The first kappa shape index (κ1) is 14.8. The molecule has 0 unspecified atom stereocenters. The van der Waals surface area contributed by atoms with Crippen LogP contribution in [0.25, 0.3) is 0 Å². The molecule has 0 atom stereocenters. The molecule has 116 valence electrons. The van der Waals surface area contributed by atoms with Gasteiger partial charge in [-0.2, -0.15) is 0 Å². The number of aliphatic hydroxyl groups is 1. The van der Waals surface area contributed by atoms with Gasteiger partial charge in [-0.1, -0.05) is 12.1 Å². The maximum Gasteiger partial charge on any atom is 0.244 e. The zero-order chi connectivity index (χ0) is 15.4. The van der Waals surface area contributed by atoms with E-state index in [2.05, 4.69) is 10.3 Å². The summed E-state index contributed by atoms with van der Waals surface area (Å²) in [6.07, 6.45) is 6.81. The second kappa shape index (κ2) is 6.75. The van der Waals surface area contributed by atoms with Gasteiger partial charge in [-0.3, -0.25) is 4.79 Å². The third kappa shape index (κ3) is 3.36. The van der Waals surface area contributed by atoms with Crippen LogP contribution < -0.4 is 5.32 Å². The maximum atomic E-state index is 12.2. The molecule has 1 heterocycles. The van der Waals surface area contributed by atoms with Crippen LogP contribution in [-0.2, 0) is 30.6 Å². The van der Waals surface area contributed by atoms with Crippen molar-refractivity contribution < 1.29 is 9.90 Å². The predicted octanol–water partition coefficient (Wildman–Crippen LogP) is 1.94. The molecule has 0 aliphatic heterocycles. The zero-order valence-corrected chi connectivity index (χ0v) is 12.6. The molecule has 1 amide bonds. The van der Waals surface area contributed by atoms with Gasteiger partial charge >= 0.3 is 0 Å². The maximum absolute atomic E-state index is 12.2. The van der Waals surface area contributed by atoms with E-state index in [0.717, 1.165) is 29.8 Å². The minimum absolute atomic E-state index is 0.0410. The Hall–Kier alpha value is -2.14. The number of hydrogen-bond donors (Lipinski definition) is 2. The zero-order valence-electron chi connectivity index (χ0n) is 12.6. The fraction of sp³-hybridized carbons (Fsp3) is 0.412. The second-order valence-corrected chi connectivity index (χ2v) is 5.69. The number of benzene rings is 1. The van der Waals surface area contributed by atoms with Gasteiger partial charge in [-0.15, -0.1) is 0 Å². The van der Waals surface area contributed by atoms with Gasteiger partial charge in [0.15, 0.2) is 0 Å². The van der Waals surface area contributed by atoms with E-state index in [1.54, 1.807) is 6.33 Å². The molecule has 0 bridgehead atoms. The van der Waals surface area contributed by atoms with Crippen molar-refractivity contribution in [3.05, 3.63) is 47.5 Å². The summed E-state index contributed by atoms with van der Waals surface area (Å²) in [5, 5.41) is 11.8. The van der Waals surface area contributed by atoms with E-state index >= 15 is 0 Å². The summed E-state index contributed by atoms with van der Waals surface area (Å²) in [5.41, 5.74) is 4.19. The van der Waals surface area contributed by atoms with Crippen molar-refractivity contribution in [2.75, 3.05) is 11.9 Å². The molecule has 2 N–H and O–H groups in total. The van der Waals surface area contributed by atoms with Crippen LogP contribution in [0.5, 0.6) is 0 Å². The minimum Gasteiger partial charge on any atom is -0.396 e. The second-order valence-electron chi connectivity index (χ2n) is 5.69. The smallest absolute Gasteiger partial charge is 0.244 e. The summed E-state index contributed by atoms with van der Waals surface area (Å²) >= 11 is 0. The van der Waals surface area contributed by atoms with Crippen molar-refractivity contribution >= 4 is 11.6 Å². The Balaban J connectivity index is 1.61. The quantitative estimate of drug-likeness (QED) is 0.886. The van der Waals surface area contributed by atoms with E-state index in [-0.39, 0.29) is 12.5 Å². The molecule has 0 spiro atoms. The van der Waals surface area contributed by atoms with Crippen molar-refractivity contribution in [1.29, 1.82) is 0 Å². The molecule has 22 heavy (non-hydrogen) atoms. The van der Waals surface area contributed by atoms with E-state index in [1.165, 1.54) is 18.5 Å². The van der Waals surface area contributed by atoms with Crippen molar-refractivity contribution in [1.82, 2.24) is 9.55 Å². The Morgan fingerprint density at radius 1 is 1.23 bits per heavy atom. The highest BCUT2D eigenvalue weighted by molar-refractivity contribution is 5.90. The van der Waals surface area contributed by atoms with E-state index in [4.69, 9.17) is 5.11 Å². The first-order valence-corrected chi connectivity index (χ1v) is 7.79. The van der Waals surface area contributed by atoms with Crippen LogP contribution in [0.2, 0.25) is 0 Å². The molecule has 2 aromatic rings. The van der Waals surface area contributed by atoms with Crippen LogP contribution in [0.4, 0.5) is 5.69 Å². The van der Waals surface area contributed by atoms with Crippen molar-refractivity contribution in [3.63, 3.8) is 0 Å². The number of carbonyl (C=O) groups is 1. The molecule has 1 aromatic heterocycles. The molecular formula is C17H21N3O2. The van der Waals surface area contributed by atoms with Gasteiger partial charge < -0.3 is 15.0 Å². The standard InChI is InChI=1S/C17H21N3O2/c21-10-9-13-5-7-14(8-6-13)19-17(22)11-20-12-18-15-3-1-2-4-16(15)20/h5-8,12,21H,1-4,9-11H2,(H,19,22). The lowest BCUT2D eigenvalue weighted by atomic mass is 10.0. The third-order valence-corrected chi connectivity index (χ3v) is 4.06. The molecule has 1 aromatic carbocycles. The largest absolute Gasteiger partial charge is 0.396 e. The average Bonchev–Trinajstić information content (AvgIpc) is 2.93. The first-order chi connectivity index (χ1) is 10.8. The fourth-order valence-corrected chi connectivity index (χ4v) is 2.91. The van der Waals surface area contributed by atoms with Crippen molar-refractivity contribution in [2.24, 2.45) is 0 Å². The lowest BCUT2D eigenvalue weighted by Crippen LogP contribution is -2.20. The number of carbonyl (C=O) groups excluding carboxylic acids is 1. The van der Waals surface area contributed by atoms with Crippen LogP contribution in [0, 0.1) is 0 Å². The third-order valence-electron chi connectivity index (χ3n) is 4.06. The monoisotopic (exact) mass is 299 g/mol. The number of hydrogen-bond acceptors (Lipinski definition) is 3. The number of rotatable bonds is 5. The number of imidazole rings is 1. The molecule has 5 nitrogen and oxygen atoms in total. The summed E-state index contributed by atoms with van der Waals surface area (Å²) < 4.78 is 1.96. The Kier molecular flexibility index (Phi) is 4.53. The Labute approximate surface area is 130 Å². The molecule has 0 radical (unpaired) electrons. The Morgan fingerprint density at radius 3 is 2.77 bits per heavy atom. The summed E-state index contributed by atoms with van der Waals surface area (Å²) in [5.74, 6) is -0.0410. The van der Waals surface area contributed by atoms with Crippen molar-refractivity contribution in [2.45, 2.75) is 38.6 Å². The minimum atomic E-state index is -0.0410. The van der Waals surface area contributed by atoms with E-state index in [1.807, 2.05) is 28.8 Å². The number of aliphatic hydroxyl groups excluding tert-OH is 1. The molecule has 0 saturated heterocycles. The van der Waals surface area contributed by atoms with Crippen molar-refractivity contribution in [3.8, 4) is 0 Å². The van der Waals surface area contributed by atoms with Gasteiger partial charge in [0.2, 0.25) is 5.91 Å². The number of aromatic nitrogens is 2. The topological polar surface area (TPSA) is 67.2 Å².